The second-order valence-electron chi connectivity index (χ2n) is 3.95. The molecule has 1 aromatic rings. The zero-order valence-electron chi connectivity index (χ0n) is 10.0. The zero-order valence-corrected chi connectivity index (χ0v) is 10.9. The fourth-order valence-electron chi connectivity index (χ4n) is 1.16. The molecule has 6 nitrogen and oxygen atoms in total. The fraction of sp³-hybridized carbons (Fsp3) is 0.600. The predicted octanol–water partition coefficient (Wildman–Crippen LogP) is -0.106. The molecule has 0 bridgehead atoms. The van der Waals surface area contributed by atoms with Gasteiger partial charge in [-0.05, 0) is 6.07 Å². The molecule has 0 atom stereocenters. The van der Waals surface area contributed by atoms with E-state index in [1.807, 2.05) is 13.8 Å². The monoisotopic (exact) mass is 258 g/mol. The average Bonchev–Trinajstić information content (AvgIpc) is 2.27. The molecule has 0 aliphatic rings. The molecule has 0 spiro atoms. The number of hydrogen-bond donors (Lipinski definition) is 2. The summed E-state index contributed by atoms with van der Waals surface area (Å²) in [6.45, 7) is 4.59. The molecule has 0 aromatic carbocycles. The molecule has 0 saturated carbocycles. The molecule has 0 aliphatic heterocycles. The Bertz CT molecular complexity index is 419. The first-order valence-corrected chi connectivity index (χ1v) is 7.10. The van der Waals surface area contributed by atoms with E-state index in [0.717, 1.165) is 0 Å². The third kappa shape index (κ3) is 6.30. The highest BCUT2D eigenvalue weighted by Gasteiger charge is 2.09. The molecule has 0 saturated heterocycles. The summed E-state index contributed by atoms with van der Waals surface area (Å²) in [5.74, 6) is 0.0657. The highest BCUT2D eigenvalue weighted by molar-refractivity contribution is 7.89. The average molecular weight is 258 g/mol. The minimum absolute atomic E-state index is 0.0657. The van der Waals surface area contributed by atoms with Gasteiger partial charge < -0.3 is 5.32 Å². The zero-order chi connectivity index (χ0) is 12.7. The SMILES string of the molecule is CC(C)NCCS(=O)(=O)NCc1ccncn1. The summed E-state index contributed by atoms with van der Waals surface area (Å²) in [4.78, 5) is 7.70. The molecule has 2 N–H and O–H groups in total. The number of nitrogens with one attached hydrogen (secondary N) is 2. The second kappa shape index (κ2) is 6.63. The third-order valence-electron chi connectivity index (χ3n) is 2.04. The lowest BCUT2D eigenvalue weighted by Gasteiger charge is -2.09. The van der Waals surface area contributed by atoms with Crippen molar-refractivity contribution < 1.29 is 8.42 Å². The molecule has 1 heterocycles. The summed E-state index contributed by atoms with van der Waals surface area (Å²) in [6, 6.07) is 1.96. The van der Waals surface area contributed by atoms with Gasteiger partial charge in [-0.15, -0.1) is 0 Å². The van der Waals surface area contributed by atoms with Gasteiger partial charge in [0.25, 0.3) is 0 Å². The summed E-state index contributed by atoms with van der Waals surface area (Å²) in [5, 5.41) is 3.05. The molecule has 0 fully saturated rings. The van der Waals surface area contributed by atoms with E-state index in [-0.39, 0.29) is 18.3 Å². The van der Waals surface area contributed by atoms with Gasteiger partial charge in [0.05, 0.1) is 18.0 Å². The van der Waals surface area contributed by atoms with Gasteiger partial charge in [-0.25, -0.2) is 23.1 Å². The molecule has 0 amide bonds. The summed E-state index contributed by atoms with van der Waals surface area (Å²) < 4.78 is 25.7. The molecular weight excluding hydrogens is 240 g/mol. The quantitative estimate of drug-likeness (QED) is 0.713. The van der Waals surface area contributed by atoms with Crippen LogP contribution in [0.25, 0.3) is 0 Å². The highest BCUT2D eigenvalue weighted by atomic mass is 32.2. The third-order valence-corrected chi connectivity index (χ3v) is 3.37. The molecule has 1 rings (SSSR count). The summed E-state index contributed by atoms with van der Waals surface area (Å²) in [5.41, 5.74) is 0.653. The smallest absolute Gasteiger partial charge is 0.213 e. The number of hydrogen-bond acceptors (Lipinski definition) is 5. The molecule has 7 heteroatoms. The minimum atomic E-state index is -3.25. The molecule has 0 aliphatic carbocycles. The lowest BCUT2D eigenvalue weighted by Crippen LogP contribution is -2.34. The van der Waals surface area contributed by atoms with Crippen molar-refractivity contribution in [2.75, 3.05) is 12.3 Å². The van der Waals surface area contributed by atoms with Crippen LogP contribution in [-0.4, -0.2) is 36.7 Å². The van der Waals surface area contributed by atoms with E-state index in [0.29, 0.717) is 12.2 Å². The maximum atomic E-state index is 11.6. The lowest BCUT2D eigenvalue weighted by molar-refractivity contribution is 0.566. The Morgan fingerprint density at radius 2 is 2.18 bits per heavy atom. The van der Waals surface area contributed by atoms with Gasteiger partial charge in [0.1, 0.15) is 6.33 Å². The van der Waals surface area contributed by atoms with Crippen molar-refractivity contribution in [1.82, 2.24) is 20.0 Å². The maximum Gasteiger partial charge on any atom is 0.213 e. The Balaban J connectivity index is 2.35. The van der Waals surface area contributed by atoms with Crippen LogP contribution in [-0.2, 0) is 16.6 Å². The van der Waals surface area contributed by atoms with Gasteiger partial charge in [0, 0.05) is 18.8 Å². The number of aromatic nitrogens is 2. The van der Waals surface area contributed by atoms with Crippen LogP contribution in [0.5, 0.6) is 0 Å². The van der Waals surface area contributed by atoms with Crippen molar-refractivity contribution in [2.45, 2.75) is 26.4 Å². The minimum Gasteiger partial charge on any atom is -0.313 e. The maximum absolute atomic E-state index is 11.6. The van der Waals surface area contributed by atoms with E-state index in [9.17, 15) is 8.42 Å². The van der Waals surface area contributed by atoms with Crippen molar-refractivity contribution in [1.29, 1.82) is 0 Å². The van der Waals surface area contributed by atoms with Crippen LogP contribution in [0.1, 0.15) is 19.5 Å². The Hall–Kier alpha value is -1.05. The van der Waals surface area contributed by atoms with E-state index in [4.69, 9.17) is 0 Å². The van der Waals surface area contributed by atoms with Crippen LogP contribution >= 0.6 is 0 Å². The van der Waals surface area contributed by atoms with Crippen LogP contribution in [0, 0.1) is 0 Å². The van der Waals surface area contributed by atoms with Gasteiger partial charge in [0.15, 0.2) is 0 Å². The van der Waals surface area contributed by atoms with Crippen LogP contribution in [0.4, 0.5) is 0 Å². The summed E-state index contributed by atoms with van der Waals surface area (Å²) in [7, 11) is -3.25. The lowest BCUT2D eigenvalue weighted by atomic mass is 10.4. The van der Waals surface area contributed by atoms with E-state index in [1.54, 1.807) is 12.3 Å². The van der Waals surface area contributed by atoms with E-state index < -0.39 is 10.0 Å². The second-order valence-corrected chi connectivity index (χ2v) is 5.88. The normalized spacial score (nSPS) is 11.9. The van der Waals surface area contributed by atoms with Crippen molar-refractivity contribution in [3.63, 3.8) is 0 Å². The van der Waals surface area contributed by atoms with E-state index >= 15 is 0 Å². The standard InChI is InChI=1S/C10H18N4O2S/c1-9(2)12-5-6-17(15,16)14-7-10-3-4-11-8-13-10/h3-4,8-9,12,14H,5-7H2,1-2H3. The fourth-order valence-corrected chi connectivity index (χ4v) is 2.06. The van der Waals surface area contributed by atoms with E-state index in [1.165, 1.54) is 6.33 Å². The van der Waals surface area contributed by atoms with Crippen molar-refractivity contribution >= 4 is 10.0 Å². The number of rotatable bonds is 7. The van der Waals surface area contributed by atoms with Gasteiger partial charge in [0.2, 0.25) is 10.0 Å². The van der Waals surface area contributed by atoms with Crippen molar-refractivity contribution in [3.05, 3.63) is 24.3 Å². The largest absolute Gasteiger partial charge is 0.313 e. The van der Waals surface area contributed by atoms with Crippen LogP contribution in [0.3, 0.4) is 0 Å². The molecule has 96 valence electrons. The Morgan fingerprint density at radius 1 is 1.41 bits per heavy atom. The van der Waals surface area contributed by atoms with Crippen LogP contribution in [0.2, 0.25) is 0 Å². The van der Waals surface area contributed by atoms with Gasteiger partial charge in [-0.1, -0.05) is 13.8 Å². The molecule has 17 heavy (non-hydrogen) atoms. The molecule has 0 unspecified atom stereocenters. The molecule has 0 radical (unpaired) electrons. The van der Waals surface area contributed by atoms with Crippen LogP contribution < -0.4 is 10.0 Å². The molecular formula is C10H18N4O2S. The Morgan fingerprint density at radius 3 is 2.76 bits per heavy atom. The number of nitrogens with zero attached hydrogens (tertiary/aromatic N) is 2. The van der Waals surface area contributed by atoms with Crippen molar-refractivity contribution in [2.24, 2.45) is 0 Å². The first-order valence-electron chi connectivity index (χ1n) is 5.45. The van der Waals surface area contributed by atoms with Crippen LogP contribution in [0.15, 0.2) is 18.6 Å². The first kappa shape index (κ1) is 14.0. The van der Waals surface area contributed by atoms with Gasteiger partial charge in [-0.2, -0.15) is 0 Å². The topological polar surface area (TPSA) is 84.0 Å². The van der Waals surface area contributed by atoms with Crippen molar-refractivity contribution in [3.8, 4) is 0 Å². The summed E-state index contributed by atoms with van der Waals surface area (Å²) >= 11 is 0. The number of sulfonamides is 1. The van der Waals surface area contributed by atoms with E-state index in [2.05, 4.69) is 20.0 Å². The Labute approximate surface area is 102 Å². The first-order chi connectivity index (χ1) is 7.99. The molecule has 1 aromatic heterocycles. The van der Waals surface area contributed by atoms with Gasteiger partial charge >= 0.3 is 0 Å². The Kier molecular flexibility index (Phi) is 5.46. The highest BCUT2D eigenvalue weighted by Crippen LogP contribution is 1.92. The van der Waals surface area contributed by atoms with Gasteiger partial charge in [-0.3, -0.25) is 0 Å². The predicted molar refractivity (Wildman–Crippen MR) is 65.8 cm³/mol. The summed E-state index contributed by atoms with van der Waals surface area (Å²) in [6.07, 6.45) is 2.97.